The highest BCUT2D eigenvalue weighted by molar-refractivity contribution is 7.85. The Morgan fingerprint density at radius 2 is 1.00 bits per heavy atom. The lowest BCUT2D eigenvalue weighted by Gasteiger charge is -2.21. The van der Waals surface area contributed by atoms with Gasteiger partial charge in [-0.25, -0.2) is 8.42 Å². The molecule has 0 heterocycles. The Kier molecular flexibility index (Phi) is 42.5. The predicted octanol–water partition coefficient (Wildman–Crippen LogP) is -4.02. The van der Waals surface area contributed by atoms with E-state index in [-0.39, 0.29) is 48.6 Å². The first-order valence-electron chi connectivity index (χ1n) is 9.81. The van der Waals surface area contributed by atoms with Crippen LogP contribution in [0.4, 0.5) is 0 Å². The number of hydrogen-bond acceptors (Lipinski definition) is 11. The van der Waals surface area contributed by atoms with Gasteiger partial charge in [0.15, 0.2) is 0 Å². The maximum Gasteiger partial charge on any atom is 0.264 e. The highest BCUT2D eigenvalue weighted by Crippen LogP contribution is 1.86. The third-order valence-electron chi connectivity index (χ3n) is 2.75. The summed E-state index contributed by atoms with van der Waals surface area (Å²) in [5.74, 6) is -0.576. The van der Waals surface area contributed by atoms with Crippen LogP contribution in [-0.2, 0) is 25.7 Å². The first-order chi connectivity index (χ1) is 14.2. The van der Waals surface area contributed by atoms with Crippen LogP contribution in [0.15, 0.2) is 0 Å². The summed E-state index contributed by atoms with van der Waals surface area (Å²) < 4.78 is 58.9. The van der Waals surface area contributed by atoms with Crippen LogP contribution in [0, 0.1) is 0 Å². The summed E-state index contributed by atoms with van der Waals surface area (Å²) >= 11 is 0. The Bertz CT molecular complexity index is 525. The van der Waals surface area contributed by atoms with E-state index in [4.69, 9.17) is 31.3 Å². The van der Waals surface area contributed by atoms with Gasteiger partial charge in [0.05, 0.1) is 71.4 Å². The molecule has 0 saturated heterocycles. The van der Waals surface area contributed by atoms with Crippen LogP contribution >= 0.6 is 0 Å². The molecule has 0 saturated carbocycles. The van der Waals surface area contributed by atoms with Crippen molar-refractivity contribution in [1.82, 2.24) is 0 Å². The van der Waals surface area contributed by atoms with Gasteiger partial charge in [-0.3, -0.25) is 4.55 Å². The van der Waals surface area contributed by atoms with Gasteiger partial charge in [0.25, 0.3) is 10.1 Å². The summed E-state index contributed by atoms with van der Waals surface area (Å²) in [6.07, 6.45) is 0.574. The number of aliphatic hydroxyl groups is 3. The normalized spacial score (nSPS) is 10.6. The highest BCUT2D eigenvalue weighted by Gasteiger charge is 2.03. The first-order valence-corrected chi connectivity index (χ1v) is 13.0. The molecule has 0 fully saturated rings. The van der Waals surface area contributed by atoms with Gasteiger partial charge in [0.1, 0.15) is 13.1 Å². The van der Waals surface area contributed by atoms with Crippen molar-refractivity contribution in [3.05, 3.63) is 0 Å². The van der Waals surface area contributed by atoms with Gasteiger partial charge < -0.3 is 51.3 Å². The first kappa shape index (κ1) is 50.4. The Balaban J connectivity index is -0.0000000548. The zero-order valence-electron chi connectivity index (χ0n) is 21.8. The van der Waals surface area contributed by atoms with Gasteiger partial charge in [0.2, 0.25) is 0 Å². The molecule has 0 amide bonds. The van der Waals surface area contributed by atoms with Crippen LogP contribution in [-0.4, -0.2) is 156 Å². The van der Waals surface area contributed by atoms with E-state index in [9.17, 15) is 21.4 Å². The molecule has 0 aliphatic heterocycles. The van der Waals surface area contributed by atoms with Gasteiger partial charge >= 0.3 is 0 Å². The van der Waals surface area contributed by atoms with Gasteiger partial charge in [0, 0.05) is 12.9 Å². The minimum absolute atomic E-state index is 0. The SMILES string of the molecule is CO.C[N+](C)(C)CCO.C[N+](C)(C)CCO.NCCCS(=O)(=O)O.NCCCS(=O)(=O)[O-].[OH-].[OH3+]. The monoisotopic (exact) mass is 553 g/mol. The summed E-state index contributed by atoms with van der Waals surface area (Å²) in [6.45, 7) is 2.77. The molecule has 0 aromatic heterocycles. The molecule has 0 spiro atoms. The Morgan fingerprint density at radius 3 is 1.06 bits per heavy atom. The molecule has 0 atom stereocenters. The molecule has 17 heteroatoms. The molecule has 0 radical (unpaired) electrons. The maximum atomic E-state index is 9.89. The molecular formula is C17H53N4O11S2+. The second kappa shape index (κ2) is 28.7. The summed E-state index contributed by atoms with van der Waals surface area (Å²) in [7, 11) is 5.53. The fourth-order valence-electron chi connectivity index (χ4n) is 1.13. The van der Waals surface area contributed by atoms with E-state index in [1.54, 1.807) is 0 Å². The smallest absolute Gasteiger partial charge is 0.264 e. The number of rotatable bonds is 10. The van der Waals surface area contributed by atoms with Gasteiger partial charge in [-0.15, -0.1) is 0 Å². The lowest BCUT2D eigenvalue weighted by Crippen LogP contribution is -2.36. The second-order valence-electron chi connectivity index (χ2n) is 8.31. The molecule has 0 unspecified atom stereocenters. The topological polar surface area (TPSA) is 287 Å². The van der Waals surface area contributed by atoms with Crippen molar-refractivity contribution >= 4 is 20.2 Å². The summed E-state index contributed by atoms with van der Waals surface area (Å²) in [6, 6.07) is 0. The minimum Gasteiger partial charge on any atom is -0.870 e. The largest absolute Gasteiger partial charge is 0.870 e. The molecule has 0 aliphatic carbocycles. The van der Waals surface area contributed by atoms with E-state index in [0.29, 0.717) is 13.0 Å². The van der Waals surface area contributed by atoms with E-state index in [0.717, 1.165) is 29.2 Å². The molecular weight excluding hydrogens is 500 g/mol. The average Bonchev–Trinajstić information content (AvgIpc) is 2.58. The van der Waals surface area contributed by atoms with Gasteiger partial charge in [-0.05, 0) is 25.9 Å². The van der Waals surface area contributed by atoms with E-state index >= 15 is 0 Å². The molecule has 0 aromatic rings. The van der Waals surface area contributed by atoms with Crippen LogP contribution < -0.4 is 11.5 Å². The number of nitrogens with zero attached hydrogens (tertiary/aromatic N) is 2. The minimum atomic E-state index is -4.02. The number of nitrogens with two attached hydrogens (primary N) is 2. The standard InChI is InChI=1S/2C5H14NO.2C3H9NO3S.CH4O.2H2O/c2*1-6(2,3)4-5-7;2*4-2-1-3-8(5,6)7;1-2;;/h2*7H,4-5H2,1-3H3;2*1-4H2,(H,5,6,7);2H,1H3;2*1H2/q2*+1;;;;;/p-1. The van der Waals surface area contributed by atoms with Crippen molar-refractivity contribution < 1.29 is 61.2 Å². The van der Waals surface area contributed by atoms with E-state index in [1.807, 2.05) is 0 Å². The predicted molar refractivity (Wildman–Crippen MR) is 133 cm³/mol. The molecule has 0 rings (SSSR count). The fourth-order valence-corrected chi connectivity index (χ4v) is 2.18. The summed E-state index contributed by atoms with van der Waals surface area (Å²) in [5, 5.41) is 23.8. The molecule has 218 valence electrons. The molecule has 12 N–H and O–H groups in total. The van der Waals surface area contributed by atoms with Crippen molar-refractivity contribution in [2.75, 3.05) is 100 Å². The fraction of sp³-hybridized carbons (Fsp3) is 1.00. The molecule has 0 aliphatic rings. The van der Waals surface area contributed by atoms with Gasteiger partial charge in [-0.2, -0.15) is 8.42 Å². The van der Waals surface area contributed by atoms with Crippen molar-refractivity contribution in [1.29, 1.82) is 0 Å². The molecule has 34 heavy (non-hydrogen) atoms. The van der Waals surface area contributed by atoms with E-state index < -0.39 is 20.2 Å². The average molecular weight is 554 g/mol. The van der Waals surface area contributed by atoms with Crippen LogP contribution in [0.1, 0.15) is 12.8 Å². The number of likely N-dealkylation sites (N-methyl/N-ethyl adjacent to an activating group) is 2. The highest BCUT2D eigenvalue weighted by atomic mass is 32.2. The maximum absolute atomic E-state index is 9.89. The van der Waals surface area contributed by atoms with Crippen molar-refractivity contribution in [3.8, 4) is 0 Å². The molecule has 0 aromatic carbocycles. The van der Waals surface area contributed by atoms with Crippen LogP contribution in [0.3, 0.4) is 0 Å². The number of aliphatic hydroxyl groups excluding tert-OH is 3. The Morgan fingerprint density at radius 1 is 0.735 bits per heavy atom. The zero-order valence-corrected chi connectivity index (χ0v) is 23.4. The van der Waals surface area contributed by atoms with Crippen molar-refractivity contribution in [2.24, 2.45) is 11.5 Å². The lowest BCUT2D eigenvalue weighted by molar-refractivity contribution is -0.870. The molecule has 15 nitrogen and oxygen atoms in total. The third kappa shape index (κ3) is 95.7. The molecule has 0 bridgehead atoms. The van der Waals surface area contributed by atoms with Crippen molar-refractivity contribution in [3.63, 3.8) is 0 Å². The lowest BCUT2D eigenvalue weighted by atomic mass is 10.5. The van der Waals surface area contributed by atoms with Crippen molar-refractivity contribution in [2.45, 2.75) is 12.8 Å². The zero-order chi connectivity index (χ0) is 27.1. The van der Waals surface area contributed by atoms with Crippen LogP contribution in [0.2, 0.25) is 0 Å². The quantitative estimate of drug-likeness (QED) is 0.0856. The van der Waals surface area contributed by atoms with E-state index in [1.165, 1.54) is 0 Å². The summed E-state index contributed by atoms with van der Waals surface area (Å²) in [4.78, 5) is 0. The third-order valence-corrected chi connectivity index (χ3v) is 4.34. The van der Waals surface area contributed by atoms with E-state index in [2.05, 4.69) is 42.3 Å². The summed E-state index contributed by atoms with van der Waals surface area (Å²) in [5.41, 5.74) is 9.89. The van der Waals surface area contributed by atoms with Crippen LogP contribution in [0.5, 0.6) is 0 Å². The second-order valence-corrected chi connectivity index (χ2v) is 11.4. The Hall–Kier alpha value is -0.540. The number of hydrogen-bond donors (Lipinski definition) is 6. The van der Waals surface area contributed by atoms with Crippen LogP contribution in [0.25, 0.3) is 0 Å². The van der Waals surface area contributed by atoms with Gasteiger partial charge in [-0.1, -0.05) is 0 Å². The number of quaternary nitrogens is 2. The Labute approximate surface area is 206 Å².